The molecule has 4 N–H and O–H groups in total. The Balaban J connectivity index is 0.000000437. The second-order valence-corrected chi connectivity index (χ2v) is 10.6. The predicted octanol–water partition coefficient (Wildman–Crippen LogP) is 4.45. The molecule has 8 nitrogen and oxygen atoms in total. The fourth-order valence-electron chi connectivity index (χ4n) is 3.31. The van der Waals surface area contributed by atoms with Crippen molar-refractivity contribution in [2.45, 2.75) is 97.5 Å². The molecule has 1 aromatic rings. The summed E-state index contributed by atoms with van der Waals surface area (Å²) in [6.45, 7) is 14.6. The molecule has 2 rings (SSSR count). The first kappa shape index (κ1) is 29.9. The predicted molar refractivity (Wildman–Crippen MR) is 134 cm³/mol. The molecule has 1 unspecified atom stereocenters. The summed E-state index contributed by atoms with van der Waals surface area (Å²) in [5, 5.41) is 0. The van der Waals surface area contributed by atoms with Crippen molar-refractivity contribution in [3.05, 3.63) is 35.9 Å². The molecule has 1 aliphatic rings. The minimum absolute atomic E-state index is 0.146. The SMILES string of the molecule is CC(C)(C)OC(=O)CC(CN)CCCB1OC(C)(C)C(C)(C)O1.NC(=O)OCc1ccccc1. The Morgan fingerprint density at radius 2 is 1.62 bits per heavy atom. The monoisotopic (exact) mass is 478 g/mol. The molecule has 1 fully saturated rings. The number of ether oxygens (including phenoxy) is 2. The van der Waals surface area contributed by atoms with Gasteiger partial charge < -0.3 is 30.2 Å². The highest BCUT2D eigenvalue weighted by Crippen LogP contribution is 2.38. The zero-order valence-electron chi connectivity index (χ0n) is 21.9. The molecule has 1 aromatic carbocycles. The Bertz CT molecular complexity index is 748. The molecule has 1 heterocycles. The summed E-state index contributed by atoms with van der Waals surface area (Å²) in [7, 11) is -0.181. The standard InChI is InChI=1S/C17H34BNO4.C8H9NO2/c1-15(2,3)21-14(20)11-13(12-19)9-8-10-18-22-16(4,5)17(6,7)23-18;9-8(10)11-6-7-4-2-1-3-5-7/h13H,8-12,19H2,1-7H3;1-5H,6H2,(H2,9,10). The maximum absolute atomic E-state index is 11.9. The highest BCUT2D eigenvalue weighted by Gasteiger charge is 2.50. The zero-order chi connectivity index (χ0) is 26.0. The minimum Gasteiger partial charge on any atom is -0.460 e. The fraction of sp³-hybridized carbons (Fsp3) is 0.680. The van der Waals surface area contributed by atoms with Crippen LogP contribution in [-0.2, 0) is 30.2 Å². The largest absolute Gasteiger partial charge is 0.460 e. The van der Waals surface area contributed by atoms with Gasteiger partial charge in [0.1, 0.15) is 12.2 Å². The van der Waals surface area contributed by atoms with Gasteiger partial charge in [-0.05, 0) is 79.2 Å². The van der Waals surface area contributed by atoms with Crippen molar-refractivity contribution >= 4 is 19.2 Å². The lowest BCUT2D eigenvalue weighted by Crippen LogP contribution is -2.41. The van der Waals surface area contributed by atoms with Crippen LogP contribution in [0.15, 0.2) is 30.3 Å². The molecule has 9 heteroatoms. The molecular weight excluding hydrogens is 435 g/mol. The quantitative estimate of drug-likeness (QED) is 0.397. The number of hydrogen-bond acceptors (Lipinski definition) is 7. The van der Waals surface area contributed by atoms with Crippen molar-refractivity contribution in [3.8, 4) is 0 Å². The molecule has 1 aliphatic heterocycles. The Morgan fingerprint density at radius 3 is 2.09 bits per heavy atom. The van der Waals surface area contributed by atoms with Gasteiger partial charge in [0.15, 0.2) is 0 Å². The van der Waals surface area contributed by atoms with Crippen LogP contribution < -0.4 is 11.5 Å². The first-order valence-electron chi connectivity index (χ1n) is 11.9. The third-order valence-corrected chi connectivity index (χ3v) is 5.79. The van der Waals surface area contributed by atoms with Gasteiger partial charge in [0, 0.05) is 6.42 Å². The van der Waals surface area contributed by atoms with Crippen molar-refractivity contribution < 1.29 is 28.4 Å². The maximum atomic E-state index is 11.9. The van der Waals surface area contributed by atoms with Gasteiger partial charge >= 0.3 is 19.2 Å². The topological polar surface area (TPSA) is 123 Å². The van der Waals surface area contributed by atoms with E-state index in [0.29, 0.717) is 13.0 Å². The van der Waals surface area contributed by atoms with Crippen LogP contribution in [0.3, 0.4) is 0 Å². The summed E-state index contributed by atoms with van der Waals surface area (Å²) >= 11 is 0. The summed E-state index contributed by atoms with van der Waals surface area (Å²) in [5.41, 5.74) is 10.5. The molecule has 1 saturated heterocycles. The van der Waals surface area contributed by atoms with Crippen LogP contribution in [0.4, 0.5) is 4.79 Å². The first-order valence-corrected chi connectivity index (χ1v) is 11.9. The summed E-state index contributed by atoms with van der Waals surface area (Å²) < 4.78 is 21.9. The van der Waals surface area contributed by atoms with E-state index in [1.165, 1.54) is 0 Å². The average Bonchev–Trinajstić information content (AvgIpc) is 2.91. The van der Waals surface area contributed by atoms with Crippen molar-refractivity contribution in [2.24, 2.45) is 17.4 Å². The molecule has 0 bridgehead atoms. The van der Waals surface area contributed by atoms with Crippen molar-refractivity contribution in [3.63, 3.8) is 0 Å². The number of rotatable bonds is 9. The first-order chi connectivity index (χ1) is 15.6. The van der Waals surface area contributed by atoms with Gasteiger partial charge in [0.25, 0.3) is 0 Å². The lowest BCUT2D eigenvalue weighted by Gasteiger charge is -2.32. The number of benzene rings is 1. The molecule has 0 spiro atoms. The lowest BCUT2D eigenvalue weighted by atomic mass is 9.80. The molecule has 0 aromatic heterocycles. The third-order valence-electron chi connectivity index (χ3n) is 5.79. The Morgan fingerprint density at radius 1 is 1.06 bits per heavy atom. The smallest absolute Gasteiger partial charge is 0.457 e. The van der Waals surface area contributed by atoms with E-state index in [4.69, 9.17) is 25.5 Å². The number of primary amides is 1. The van der Waals surface area contributed by atoms with Gasteiger partial charge in [0.05, 0.1) is 11.2 Å². The van der Waals surface area contributed by atoms with Gasteiger partial charge in [-0.25, -0.2) is 4.79 Å². The van der Waals surface area contributed by atoms with Crippen LogP contribution in [0.1, 0.15) is 73.3 Å². The molecule has 1 atom stereocenters. The van der Waals surface area contributed by atoms with E-state index in [2.05, 4.69) is 32.4 Å². The molecular formula is C25H43BN2O6. The normalized spacial score (nSPS) is 17.4. The van der Waals surface area contributed by atoms with Crippen molar-refractivity contribution in [1.82, 2.24) is 0 Å². The van der Waals surface area contributed by atoms with Gasteiger partial charge in [-0.1, -0.05) is 36.8 Å². The minimum atomic E-state index is -0.742. The van der Waals surface area contributed by atoms with Crippen LogP contribution in [0.2, 0.25) is 6.32 Å². The van der Waals surface area contributed by atoms with E-state index < -0.39 is 11.7 Å². The fourth-order valence-corrected chi connectivity index (χ4v) is 3.31. The number of nitrogens with two attached hydrogens (primary N) is 2. The summed E-state index contributed by atoms with van der Waals surface area (Å²) in [4.78, 5) is 22.1. The van der Waals surface area contributed by atoms with E-state index in [0.717, 1.165) is 24.7 Å². The number of hydrogen-bond donors (Lipinski definition) is 2. The maximum Gasteiger partial charge on any atom is 0.457 e. The number of carbonyl (C=O) groups excluding carboxylic acids is 2. The van der Waals surface area contributed by atoms with Crippen LogP contribution in [-0.4, -0.2) is 42.5 Å². The van der Waals surface area contributed by atoms with E-state index >= 15 is 0 Å². The summed E-state index contributed by atoms with van der Waals surface area (Å²) in [6, 6.07) is 9.37. The number of carbonyl (C=O) groups is 2. The molecule has 34 heavy (non-hydrogen) atoms. The second-order valence-electron chi connectivity index (χ2n) is 10.6. The molecule has 0 saturated carbocycles. The van der Waals surface area contributed by atoms with Gasteiger partial charge in [-0.15, -0.1) is 0 Å². The summed E-state index contributed by atoms with van der Waals surface area (Å²) in [6.07, 6.45) is 2.24. The second kappa shape index (κ2) is 13.1. The third kappa shape index (κ3) is 11.4. The number of esters is 1. The Labute approximate surface area is 205 Å². The van der Waals surface area contributed by atoms with Gasteiger partial charge in [0.2, 0.25) is 0 Å². The van der Waals surface area contributed by atoms with Gasteiger partial charge in [-0.3, -0.25) is 4.79 Å². The van der Waals surface area contributed by atoms with E-state index in [1.807, 2.05) is 51.1 Å². The van der Waals surface area contributed by atoms with Crippen molar-refractivity contribution in [2.75, 3.05) is 6.54 Å². The van der Waals surface area contributed by atoms with E-state index in [9.17, 15) is 9.59 Å². The highest BCUT2D eigenvalue weighted by atomic mass is 16.7. The molecule has 0 aliphatic carbocycles. The lowest BCUT2D eigenvalue weighted by molar-refractivity contribution is -0.155. The van der Waals surface area contributed by atoms with Crippen molar-refractivity contribution in [1.29, 1.82) is 0 Å². The molecule has 1 amide bonds. The number of amides is 1. The summed E-state index contributed by atoms with van der Waals surface area (Å²) in [5.74, 6) is -0.0316. The highest BCUT2D eigenvalue weighted by molar-refractivity contribution is 6.45. The van der Waals surface area contributed by atoms with Crippen LogP contribution in [0.25, 0.3) is 0 Å². The van der Waals surface area contributed by atoms with Gasteiger partial charge in [-0.2, -0.15) is 0 Å². The Hall–Kier alpha value is -2.10. The molecule has 0 radical (unpaired) electrons. The molecule has 192 valence electrons. The zero-order valence-corrected chi connectivity index (χ0v) is 21.9. The Kier molecular flexibility index (Phi) is 11.5. The van der Waals surface area contributed by atoms with Crippen LogP contribution in [0.5, 0.6) is 0 Å². The van der Waals surface area contributed by atoms with Crippen LogP contribution >= 0.6 is 0 Å². The van der Waals surface area contributed by atoms with E-state index in [-0.39, 0.29) is 36.8 Å². The average molecular weight is 478 g/mol. The van der Waals surface area contributed by atoms with E-state index in [1.54, 1.807) is 0 Å². The van der Waals surface area contributed by atoms with Crippen LogP contribution in [0, 0.1) is 5.92 Å².